The highest BCUT2D eigenvalue weighted by Gasteiger charge is 2.31. The van der Waals surface area contributed by atoms with Gasteiger partial charge in [0.1, 0.15) is 12.7 Å². The van der Waals surface area contributed by atoms with Gasteiger partial charge in [-0.15, -0.1) is 12.4 Å². The van der Waals surface area contributed by atoms with Crippen molar-refractivity contribution < 1.29 is 28.6 Å². The number of nitrogens with zero attached hydrogens (tertiary/aromatic N) is 1. The van der Waals surface area contributed by atoms with Crippen LogP contribution in [0.15, 0.2) is 18.2 Å². The number of halogens is 1. The van der Waals surface area contributed by atoms with Crippen LogP contribution in [0.1, 0.15) is 36.0 Å². The monoisotopic (exact) mass is 498 g/mol. The molecule has 1 aromatic carbocycles. The quantitative estimate of drug-likeness (QED) is 0.562. The Morgan fingerprint density at radius 2 is 1.88 bits per heavy atom. The maximum atomic E-state index is 12.7. The Hall–Kier alpha value is -2.56. The maximum absolute atomic E-state index is 12.7. The lowest BCUT2D eigenvalue weighted by Gasteiger charge is -2.22. The molecule has 2 aliphatic heterocycles. The minimum Gasteiger partial charge on any atom is -0.493 e. The smallest absolute Gasteiger partial charge is 0.251 e. The molecule has 34 heavy (non-hydrogen) atoms. The summed E-state index contributed by atoms with van der Waals surface area (Å²) < 4.78 is 16.5. The lowest BCUT2D eigenvalue weighted by atomic mass is 10.1. The summed E-state index contributed by atoms with van der Waals surface area (Å²) in [7, 11) is 3.04. The van der Waals surface area contributed by atoms with Gasteiger partial charge in [-0.05, 0) is 37.5 Å². The normalized spacial score (nSPS) is 22.1. The summed E-state index contributed by atoms with van der Waals surface area (Å²) in [6.07, 6.45) is 2.44. The first-order valence-corrected chi connectivity index (χ1v) is 11.4. The molecule has 3 N–H and O–H groups in total. The number of hydrogen-bond donors (Lipinski definition) is 3. The molecular formula is C23H35ClN4O6. The molecule has 0 saturated carbocycles. The number of ether oxygens (including phenoxy) is 3. The number of fused-ring (bicyclic) bond motifs is 4. The van der Waals surface area contributed by atoms with Crippen LogP contribution in [0.3, 0.4) is 0 Å². The number of hydrogen-bond acceptors (Lipinski definition) is 7. The largest absolute Gasteiger partial charge is 0.493 e. The van der Waals surface area contributed by atoms with Gasteiger partial charge in [0.15, 0.2) is 11.5 Å². The molecule has 1 fully saturated rings. The van der Waals surface area contributed by atoms with Crippen LogP contribution in [0.2, 0.25) is 0 Å². The minimum atomic E-state index is -0.339. The zero-order valence-corrected chi connectivity index (χ0v) is 20.6. The Labute approximate surface area is 206 Å². The van der Waals surface area contributed by atoms with Crippen LogP contribution in [0.5, 0.6) is 11.5 Å². The van der Waals surface area contributed by atoms with Gasteiger partial charge in [0, 0.05) is 51.8 Å². The highest BCUT2D eigenvalue weighted by Crippen LogP contribution is 2.30. The van der Waals surface area contributed by atoms with Crippen LogP contribution in [-0.2, 0) is 14.3 Å². The van der Waals surface area contributed by atoms with Crippen LogP contribution in [0, 0.1) is 0 Å². The average Bonchev–Trinajstić information content (AvgIpc) is 3.28. The third-order valence-corrected chi connectivity index (χ3v) is 5.79. The van der Waals surface area contributed by atoms with Gasteiger partial charge in [0.25, 0.3) is 5.91 Å². The number of benzene rings is 1. The summed E-state index contributed by atoms with van der Waals surface area (Å²) in [4.78, 5) is 39.3. The molecule has 0 aromatic heterocycles. The molecule has 2 atom stereocenters. The Bertz CT molecular complexity index is 840. The first-order chi connectivity index (χ1) is 16.0. The zero-order valence-electron chi connectivity index (χ0n) is 19.8. The van der Waals surface area contributed by atoms with Gasteiger partial charge in [-0.1, -0.05) is 0 Å². The van der Waals surface area contributed by atoms with E-state index in [4.69, 9.17) is 14.2 Å². The van der Waals surface area contributed by atoms with Crippen LogP contribution in [0.25, 0.3) is 0 Å². The predicted octanol–water partition coefficient (Wildman–Crippen LogP) is 0.731. The molecule has 10 nitrogen and oxygen atoms in total. The van der Waals surface area contributed by atoms with Gasteiger partial charge < -0.3 is 35.1 Å². The van der Waals surface area contributed by atoms with E-state index in [-0.39, 0.29) is 48.9 Å². The molecule has 1 saturated heterocycles. The summed E-state index contributed by atoms with van der Waals surface area (Å²) in [5, 5.41) is 9.06. The van der Waals surface area contributed by atoms with E-state index < -0.39 is 0 Å². The molecule has 0 unspecified atom stereocenters. The van der Waals surface area contributed by atoms with Crippen LogP contribution in [0.4, 0.5) is 0 Å². The van der Waals surface area contributed by atoms with E-state index in [2.05, 4.69) is 16.0 Å². The van der Waals surface area contributed by atoms with Crippen molar-refractivity contribution in [3.63, 3.8) is 0 Å². The summed E-state index contributed by atoms with van der Waals surface area (Å²) >= 11 is 0. The van der Waals surface area contributed by atoms with Gasteiger partial charge >= 0.3 is 0 Å². The van der Waals surface area contributed by atoms with E-state index in [0.29, 0.717) is 62.6 Å². The molecule has 4 bridgehead atoms. The molecule has 2 aliphatic rings. The van der Waals surface area contributed by atoms with Gasteiger partial charge in [0.05, 0.1) is 13.2 Å². The molecule has 190 valence electrons. The third-order valence-electron chi connectivity index (χ3n) is 5.79. The van der Waals surface area contributed by atoms with Crippen LogP contribution in [-0.4, -0.2) is 88.3 Å². The number of methoxy groups -OCH3 is 2. The highest BCUT2D eigenvalue weighted by atomic mass is 35.5. The predicted molar refractivity (Wildman–Crippen MR) is 129 cm³/mol. The Kier molecular flexibility index (Phi) is 11.4. The van der Waals surface area contributed by atoms with E-state index in [0.717, 1.165) is 12.8 Å². The number of nitrogens with one attached hydrogen (secondary N) is 3. The van der Waals surface area contributed by atoms with Gasteiger partial charge in [-0.2, -0.15) is 0 Å². The van der Waals surface area contributed by atoms with Gasteiger partial charge in [-0.3, -0.25) is 14.4 Å². The van der Waals surface area contributed by atoms with Gasteiger partial charge in [-0.25, -0.2) is 0 Å². The molecule has 1 aromatic rings. The average molecular weight is 499 g/mol. The van der Waals surface area contributed by atoms with Crippen molar-refractivity contribution in [2.45, 2.75) is 37.8 Å². The van der Waals surface area contributed by atoms with E-state index >= 15 is 0 Å². The van der Waals surface area contributed by atoms with E-state index in [1.807, 2.05) is 0 Å². The fraction of sp³-hybridized carbons (Fsp3) is 0.609. The lowest BCUT2D eigenvalue weighted by molar-refractivity contribution is -0.135. The first kappa shape index (κ1) is 27.7. The second-order valence-electron chi connectivity index (χ2n) is 8.22. The number of carbonyl (C=O) groups excluding carboxylic acids is 3. The molecular weight excluding hydrogens is 464 g/mol. The fourth-order valence-electron chi connectivity index (χ4n) is 3.99. The van der Waals surface area contributed by atoms with E-state index in [9.17, 15) is 14.4 Å². The standard InChI is InChI=1S/C23H34N4O6.ClH/c1-31-15-21(28)27-10-4-3-8-25-23(30)18-13-17(14-26-18)33-20-12-16(6-7-19(20)32-2)22(29)24-9-5-11-27;/h6-7,12,17-18,26H,3-5,8-11,13-15H2,1-2H3,(H,24,29)(H,25,30);1H/t17-,18-;/m0./s1. The van der Waals surface area contributed by atoms with Crippen LogP contribution < -0.4 is 25.4 Å². The van der Waals surface area contributed by atoms with Crippen LogP contribution >= 0.6 is 12.4 Å². The molecule has 0 radical (unpaired) electrons. The zero-order chi connectivity index (χ0) is 23.6. The third kappa shape index (κ3) is 7.75. The Balaban J connectivity index is 0.00000408. The number of rotatable bonds is 3. The Morgan fingerprint density at radius 1 is 1.12 bits per heavy atom. The van der Waals surface area contributed by atoms with Crippen molar-refractivity contribution in [3.8, 4) is 11.5 Å². The number of carbonyl (C=O) groups is 3. The first-order valence-electron chi connectivity index (χ1n) is 11.4. The maximum Gasteiger partial charge on any atom is 0.251 e. The van der Waals surface area contributed by atoms with E-state index in [1.54, 1.807) is 30.2 Å². The fourth-order valence-corrected chi connectivity index (χ4v) is 3.99. The summed E-state index contributed by atoms with van der Waals surface area (Å²) in [6.45, 7) is 2.61. The van der Waals surface area contributed by atoms with Crippen molar-refractivity contribution in [3.05, 3.63) is 23.8 Å². The van der Waals surface area contributed by atoms with E-state index in [1.165, 1.54) is 7.11 Å². The summed E-state index contributed by atoms with van der Waals surface area (Å²) in [5.74, 6) is 0.616. The Morgan fingerprint density at radius 3 is 2.65 bits per heavy atom. The molecule has 0 spiro atoms. The molecule has 2 heterocycles. The second-order valence-corrected chi connectivity index (χ2v) is 8.22. The molecule has 3 rings (SSSR count). The topological polar surface area (TPSA) is 118 Å². The second kappa shape index (κ2) is 14.0. The lowest BCUT2D eigenvalue weighted by Crippen LogP contribution is -2.41. The van der Waals surface area contributed by atoms with Crippen molar-refractivity contribution >= 4 is 30.1 Å². The van der Waals surface area contributed by atoms with Crippen molar-refractivity contribution in [1.82, 2.24) is 20.9 Å². The van der Waals surface area contributed by atoms with Crippen molar-refractivity contribution in [1.29, 1.82) is 0 Å². The van der Waals surface area contributed by atoms with Crippen molar-refractivity contribution in [2.24, 2.45) is 0 Å². The van der Waals surface area contributed by atoms with Gasteiger partial charge in [0.2, 0.25) is 11.8 Å². The highest BCUT2D eigenvalue weighted by molar-refractivity contribution is 5.94. The molecule has 3 amide bonds. The molecule has 0 aliphatic carbocycles. The number of amides is 3. The molecule has 11 heteroatoms. The SMILES string of the molecule is COCC(=O)N1CCCCNC(=O)[C@@H]2C[C@@H](CN2)Oc2cc(ccc2OC)C(=O)NCCC1.Cl. The summed E-state index contributed by atoms with van der Waals surface area (Å²) in [6, 6.07) is 4.70. The minimum absolute atomic E-state index is 0. The summed E-state index contributed by atoms with van der Waals surface area (Å²) in [5.41, 5.74) is 0.455. The van der Waals surface area contributed by atoms with Crippen molar-refractivity contribution in [2.75, 3.05) is 53.6 Å².